The van der Waals surface area contributed by atoms with Gasteiger partial charge in [0.2, 0.25) is 5.91 Å². The number of aromatic nitrogens is 2. The first-order valence-electron chi connectivity index (χ1n) is 10.3. The van der Waals surface area contributed by atoms with Crippen molar-refractivity contribution >= 4 is 17.3 Å². The van der Waals surface area contributed by atoms with Gasteiger partial charge < -0.3 is 9.80 Å². The molecule has 8 heteroatoms. The third kappa shape index (κ3) is 4.28. The topological polar surface area (TPSA) is 84.5 Å². The van der Waals surface area contributed by atoms with E-state index < -0.39 is 0 Å². The SMILES string of the molecule is Cc1nn(-c2ccccc2)c(C)c1CC(=O)N1CCN(c2cccc([N+](=O)[O-])c2)CC1. The number of carbonyl (C=O) groups excluding carboxylic acids is 1. The number of non-ortho nitro benzene ring substituents is 1. The van der Waals surface area contributed by atoms with E-state index in [2.05, 4.69) is 10.00 Å². The molecular weight excluding hydrogens is 394 g/mol. The number of carbonyl (C=O) groups is 1. The van der Waals surface area contributed by atoms with Crippen LogP contribution in [0, 0.1) is 24.0 Å². The van der Waals surface area contributed by atoms with Crippen LogP contribution in [-0.2, 0) is 11.2 Å². The minimum absolute atomic E-state index is 0.0809. The van der Waals surface area contributed by atoms with Crippen LogP contribution in [0.25, 0.3) is 5.69 Å². The van der Waals surface area contributed by atoms with Crippen LogP contribution in [0.1, 0.15) is 17.0 Å². The monoisotopic (exact) mass is 419 g/mol. The molecule has 1 amide bonds. The molecule has 0 unspecified atom stereocenters. The summed E-state index contributed by atoms with van der Waals surface area (Å²) in [5.74, 6) is 0.0810. The summed E-state index contributed by atoms with van der Waals surface area (Å²) in [4.78, 5) is 27.6. The van der Waals surface area contributed by atoms with E-state index in [1.807, 2.05) is 59.8 Å². The van der Waals surface area contributed by atoms with Crippen molar-refractivity contribution in [2.75, 3.05) is 31.1 Å². The van der Waals surface area contributed by atoms with Gasteiger partial charge in [-0.2, -0.15) is 5.10 Å². The highest BCUT2D eigenvalue weighted by Crippen LogP contribution is 2.23. The van der Waals surface area contributed by atoms with E-state index in [-0.39, 0.29) is 16.5 Å². The van der Waals surface area contributed by atoms with Crippen LogP contribution < -0.4 is 4.90 Å². The lowest BCUT2D eigenvalue weighted by molar-refractivity contribution is -0.384. The maximum atomic E-state index is 13.0. The number of nitro groups is 1. The molecule has 0 N–H and O–H groups in total. The standard InChI is InChI=1S/C23H25N5O3/c1-17-22(18(2)27(24-17)19-7-4-3-5-8-19)16-23(29)26-13-11-25(12-14-26)20-9-6-10-21(15-20)28(30)31/h3-10,15H,11-14,16H2,1-2H3. The molecule has 1 aliphatic heterocycles. The van der Waals surface area contributed by atoms with Crippen molar-refractivity contribution in [1.29, 1.82) is 0 Å². The molecule has 160 valence electrons. The second-order valence-corrected chi connectivity index (χ2v) is 7.72. The van der Waals surface area contributed by atoms with Gasteiger partial charge in [0.15, 0.2) is 0 Å². The number of para-hydroxylation sites is 1. The quantitative estimate of drug-likeness (QED) is 0.468. The number of piperazine rings is 1. The van der Waals surface area contributed by atoms with Crippen LogP contribution in [0.2, 0.25) is 0 Å². The summed E-state index contributed by atoms with van der Waals surface area (Å²) in [6.07, 6.45) is 0.321. The van der Waals surface area contributed by atoms with Crippen molar-refractivity contribution < 1.29 is 9.72 Å². The molecule has 2 heterocycles. The van der Waals surface area contributed by atoms with E-state index in [1.54, 1.807) is 12.1 Å². The van der Waals surface area contributed by atoms with Gasteiger partial charge in [-0.3, -0.25) is 14.9 Å². The largest absolute Gasteiger partial charge is 0.368 e. The molecule has 3 aromatic rings. The van der Waals surface area contributed by atoms with Crippen LogP contribution in [0.3, 0.4) is 0 Å². The second kappa shape index (κ2) is 8.59. The lowest BCUT2D eigenvalue weighted by Crippen LogP contribution is -2.49. The number of benzene rings is 2. The number of amides is 1. The van der Waals surface area contributed by atoms with Crippen LogP contribution in [0.4, 0.5) is 11.4 Å². The molecular formula is C23H25N5O3. The minimum atomic E-state index is -0.385. The Hall–Kier alpha value is -3.68. The highest BCUT2D eigenvalue weighted by Gasteiger charge is 2.24. The zero-order valence-corrected chi connectivity index (χ0v) is 17.7. The van der Waals surface area contributed by atoms with E-state index in [1.165, 1.54) is 6.07 Å². The fourth-order valence-electron chi connectivity index (χ4n) is 4.03. The Labute approximate surface area is 180 Å². The maximum absolute atomic E-state index is 13.0. The van der Waals surface area contributed by atoms with Gasteiger partial charge in [0.05, 0.1) is 22.7 Å². The predicted octanol–water partition coefficient (Wildman–Crippen LogP) is 3.29. The molecule has 1 aromatic heterocycles. The summed E-state index contributed by atoms with van der Waals surface area (Å²) in [7, 11) is 0. The van der Waals surface area contributed by atoms with Gasteiger partial charge in [0.1, 0.15) is 0 Å². The summed E-state index contributed by atoms with van der Waals surface area (Å²) in [6, 6.07) is 16.5. The van der Waals surface area contributed by atoms with Gasteiger partial charge in [0.25, 0.3) is 5.69 Å². The van der Waals surface area contributed by atoms with E-state index in [0.717, 1.165) is 28.3 Å². The Morgan fingerprint density at radius 2 is 1.68 bits per heavy atom. The van der Waals surface area contributed by atoms with Gasteiger partial charge >= 0.3 is 0 Å². The Kier molecular flexibility index (Phi) is 5.70. The summed E-state index contributed by atoms with van der Waals surface area (Å²) in [6.45, 7) is 6.41. The molecule has 8 nitrogen and oxygen atoms in total. The first kappa shape index (κ1) is 20.6. The van der Waals surface area contributed by atoms with E-state index >= 15 is 0 Å². The van der Waals surface area contributed by atoms with Gasteiger partial charge in [-0.25, -0.2) is 4.68 Å². The third-order valence-electron chi connectivity index (χ3n) is 5.81. The lowest BCUT2D eigenvalue weighted by atomic mass is 10.1. The second-order valence-electron chi connectivity index (χ2n) is 7.72. The Balaban J connectivity index is 1.42. The molecule has 1 aliphatic rings. The predicted molar refractivity (Wildman–Crippen MR) is 119 cm³/mol. The molecule has 1 saturated heterocycles. The van der Waals surface area contributed by atoms with Crippen LogP contribution >= 0.6 is 0 Å². The number of nitro benzene ring substituents is 1. The molecule has 31 heavy (non-hydrogen) atoms. The molecule has 0 atom stereocenters. The van der Waals surface area contributed by atoms with Crippen molar-refractivity contribution in [2.24, 2.45) is 0 Å². The summed E-state index contributed by atoms with van der Waals surface area (Å²) in [5.41, 5.74) is 4.69. The molecule has 0 saturated carbocycles. The minimum Gasteiger partial charge on any atom is -0.368 e. The van der Waals surface area contributed by atoms with Crippen molar-refractivity contribution in [1.82, 2.24) is 14.7 Å². The number of hydrogen-bond donors (Lipinski definition) is 0. The first-order valence-corrected chi connectivity index (χ1v) is 10.3. The fraction of sp³-hybridized carbons (Fsp3) is 0.304. The first-order chi connectivity index (χ1) is 14.9. The zero-order valence-electron chi connectivity index (χ0n) is 17.7. The van der Waals surface area contributed by atoms with E-state index in [0.29, 0.717) is 32.6 Å². The normalized spacial score (nSPS) is 14.0. The number of aryl methyl sites for hydroxylation is 1. The smallest absolute Gasteiger partial charge is 0.271 e. The van der Waals surface area contributed by atoms with Crippen LogP contribution in [0.5, 0.6) is 0 Å². The third-order valence-corrected chi connectivity index (χ3v) is 5.81. The van der Waals surface area contributed by atoms with E-state index in [4.69, 9.17) is 0 Å². The number of nitrogens with zero attached hydrogens (tertiary/aromatic N) is 5. The Morgan fingerprint density at radius 3 is 2.35 bits per heavy atom. The molecule has 2 aromatic carbocycles. The fourth-order valence-corrected chi connectivity index (χ4v) is 4.03. The van der Waals surface area contributed by atoms with Crippen molar-refractivity contribution in [3.63, 3.8) is 0 Å². The Bertz CT molecular complexity index is 1100. The van der Waals surface area contributed by atoms with Crippen molar-refractivity contribution in [3.8, 4) is 5.69 Å². The molecule has 0 bridgehead atoms. The average molecular weight is 419 g/mol. The zero-order chi connectivity index (χ0) is 22.0. The lowest BCUT2D eigenvalue weighted by Gasteiger charge is -2.36. The highest BCUT2D eigenvalue weighted by atomic mass is 16.6. The Morgan fingerprint density at radius 1 is 1.00 bits per heavy atom. The van der Waals surface area contributed by atoms with Gasteiger partial charge in [-0.05, 0) is 32.0 Å². The van der Waals surface area contributed by atoms with Gasteiger partial charge in [-0.15, -0.1) is 0 Å². The summed E-state index contributed by atoms with van der Waals surface area (Å²) < 4.78 is 1.89. The van der Waals surface area contributed by atoms with Gasteiger partial charge in [-0.1, -0.05) is 24.3 Å². The van der Waals surface area contributed by atoms with Crippen molar-refractivity contribution in [3.05, 3.63) is 81.7 Å². The summed E-state index contributed by atoms with van der Waals surface area (Å²) in [5, 5.41) is 15.7. The van der Waals surface area contributed by atoms with E-state index in [9.17, 15) is 14.9 Å². The van der Waals surface area contributed by atoms with Crippen LogP contribution in [0.15, 0.2) is 54.6 Å². The van der Waals surface area contributed by atoms with Crippen molar-refractivity contribution in [2.45, 2.75) is 20.3 Å². The molecule has 1 fully saturated rings. The molecule has 0 spiro atoms. The average Bonchev–Trinajstić information content (AvgIpc) is 3.08. The van der Waals surface area contributed by atoms with Gasteiger partial charge in [0, 0.05) is 55.3 Å². The number of anilines is 1. The molecule has 0 aliphatic carbocycles. The molecule has 4 rings (SSSR count). The number of rotatable bonds is 5. The maximum Gasteiger partial charge on any atom is 0.271 e. The van der Waals surface area contributed by atoms with Crippen LogP contribution in [-0.4, -0.2) is 51.7 Å². The summed E-state index contributed by atoms with van der Waals surface area (Å²) >= 11 is 0. The number of hydrogen-bond acceptors (Lipinski definition) is 5. The highest BCUT2D eigenvalue weighted by molar-refractivity contribution is 5.79. The molecule has 0 radical (unpaired) electrons.